The third kappa shape index (κ3) is 13.4. The van der Waals surface area contributed by atoms with Crippen LogP contribution in [0.5, 0.6) is 0 Å². The maximum absolute atomic E-state index is 13.1. The molecule has 0 spiro atoms. The van der Waals surface area contributed by atoms with Crippen molar-refractivity contribution in [2.45, 2.75) is 77.2 Å². The van der Waals surface area contributed by atoms with Crippen LogP contribution in [0.4, 0.5) is 43.7 Å². The summed E-state index contributed by atoms with van der Waals surface area (Å²) >= 11 is 3.34. The molecule has 0 aliphatic carbocycles. The van der Waals surface area contributed by atoms with Crippen LogP contribution in [0, 0.1) is 0 Å². The molecule has 6 aromatic rings. The smallest absolute Gasteiger partial charge is 0.399 e. The second kappa shape index (κ2) is 20.5. The van der Waals surface area contributed by atoms with Gasteiger partial charge in [-0.3, -0.25) is 37.0 Å². The van der Waals surface area contributed by atoms with Crippen LogP contribution >= 0.6 is 15.9 Å². The highest BCUT2D eigenvalue weighted by molar-refractivity contribution is 9.10. The lowest BCUT2D eigenvalue weighted by molar-refractivity contribution is -0.138. The van der Waals surface area contributed by atoms with Crippen molar-refractivity contribution in [2.24, 2.45) is 28.2 Å². The van der Waals surface area contributed by atoms with E-state index in [1.807, 2.05) is 0 Å². The number of hydrogen-bond donors (Lipinski definition) is 2. The van der Waals surface area contributed by atoms with Gasteiger partial charge in [0, 0.05) is 68.9 Å². The summed E-state index contributed by atoms with van der Waals surface area (Å²) in [5.74, 6) is 0.102. The number of anilines is 3. The highest BCUT2D eigenvalue weighted by atomic mass is 79.9. The normalized spacial score (nSPS) is 12.3. The molecule has 0 saturated carbocycles. The second-order valence-electron chi connectivity index (χ2n) is 17.5. The Morgan fingerprint density at radius 3 is 1.52 bits per heavy atom. The number of aryl methyl sites for hydroxylation is 2. The summed E-state index contributed by atoms with van der Waals surface area (Å²) in [7, 11) is 3.38. The molecular weight excluding hydrogens is 967 g/mol. The van der Waals surface area contributed by atoms with Gasteiger partial charge in [-0.1, -0.05) is 51.4 Å². The van der Waals surface area contributed by atoms with Crippen LogP contribution in [-0.4, -0.2) is 66.7 Å². The van der Waals surface area contributed by atoms with Gasteiger partial charge in [-0.15, -0.1) is 0 Å². The first-order valence-corrected chi connectivity index (χ1v) is 28.1. The maximum Gasteiger partial charge on any atom is 0.416 e. The molecule has 4 aromatic heterocycles. The summed E-state index contributed by atoms with van der Waals surface area (Å²) in [5.41, 5.74) is 2.95. The van der Waals surface area contributed by atoms with E-state index in [0.717, 1.165) is 45.5 Å². The summed E-state index contributed by atoms with van der Waals surface area (Å²) in [4.78, 5) is 58.0. The van der Waals surface area contributed by atoms with Crippen LogP contribution in [0.15, 0.2) is 72.4 Å². The fourth-order valence-corrected chi connectivity index (χ4v) is 7.85. The van der Waals surface area contributed by atoms with Crippen molar-refractivity contribution in [3.8, 4) is 0 Å². The van der Waals surface area contributed by atoms with E-state index in [-0.39, 0.29) is 47.5 Å². The Kier molecular flexibility index (Phi) is 16.5. The molecule has 6 rings (SSSR count). The van der Waals surface area contributed by atoms with Crippen molar-refractivity contribution in [1.82, 2.24) is 37.4 Å². The number of aromatic nitrogens is 8. The van der Waals surface area contributed by atoms with E-state index in [4.69, 9.17) is 15.2 Å². The largest absolute Gasteiger partial charge is 0.416 e. The van der Waals surface area contributed by atoms with Gasteiger partial charge >= 0.3 is 23.7 Å². The molecule has 0 radical (unpaired) electrons. The van der Waals surface area contributed by atoms with Gasteiger partial charge in [0.15, 0.2) is 27.1 Å². The average Bonchev–Trinajstić information content (AvgIpc) is 3.73. The Morgan fingerprint density at radius 2 is 1.08 bits per heavy atom. The molecule has 0 fully saturated rings. The number of ether oxygens (including phenoxy) is 2. The molecule has 25 heteroatoms. The fraction of sp³-hybridized carbons (Fsp3) is 0.450. The molecule has 356 valence electrons. The monoisotopic (exact) mass is 1020 g/mol. The number of alkyl halides is 6. The molecule has 0 unspecified atom stereocenters. The topological polar surface area (TPSA) is 180 Å². The summed E-state index contributed by atoms with van der Waals surface area (Å²) in [6, 6.07) is 11.2. The highest BCUT2D eigenvalue weighted by Crippen LogP contribution is 2.32. The lowest BCUT2D eigenvalue weighted by Crippen LogP contribution is -2.37. The Hall–Kier alpha value is -5.25. The van der Waals surface area contributed by atoms with Gasteiger partial charge in [0.1, 0.15) is 13.5 Å². The van der Waals surface area contributed by atoms with Crippen molar-refractivity contribution in [3.05, 3.63) is 106 Å². The number of fused-ring (bicyclic) bond motifs is 2. The van der Waals surface area contributed by atoms with E-state index in [1.165, 1.54) is 59.1 Å². The van der Waals surface area contributed by atoms with Gasteiger partial charge in [-0.05, 0) is 64.4 Å². The molecule has 65 heavy (non-hydrogen) atoms. The van der Waals surface area contributed by atoms with Crippen molar-refractivity contribution < 1.29 is 35.8 Å². The fourth-order valence-electron chi connectivity index (χ4n) is 5.89. The molecule has 0 bridgehead atoms. The number of benzene rings is 2. The molecule has 0 atom stereocenters. The molecule has 0 aliphatic rings. The average molecular weight is 1020 g/mol. The minimum atomic E-state index is -4.50. The molecule has 3 N–H and O–H groups in total. The zero-order valence-electron chi connectivity index (χ0n) is 37.6. The van der Waals surface area contributed by atoms with Crippen LogP contribution in [0.25, 0.3) is 22.3 Å². The van der Waals surface area contributed by atoms with Gasteiger partial charge < -0.3 is 20.5 Å². The lowest BCUT2D eigenvalue weighted by atomic mass is 10.2. The van der Waals surface area contributed by atoms with Crippen molar-refractivity contribution in [2.75, 3.05) is 24.3 Å². The molecule has 0 saturated heterocycles. The zero-order chi connectivity index (χ0) is 49.0. The summed E-state index contributed by atoms with van der Waals surface area (Å²) in [5, 5.41) is 2.84. The van der Waals surface area contributed by atoms with Crippen LogP contribution in [0.2, 0.25) is 51.4 Å². The van der Waals surface area contributed by atoms with Gasteiger partial charge in [-0.2, -0.15) is 31.3 Å². The summed E-state index contributed by atoms with van der Waals surface area (Å²) in [6.07, 6.45) is -8.80. The van der Waals surface area contributed by atoms with Gasteiger partial charge in [-0.25, -0.2) is 14.6 Å². The molecule has 2 aromatic carbocycles. The number of nitrogens with one attached hydrogen (secondary N) is 1. The van der Waals surface area contributed by atoms with Crippen molar-refractivity contribution >= 4 is 71.7 Å². The van der Waals surface area contributed by atoms with Crippen molar-refractivity contribution in [3.63, 3.8) is 0 Å². The minimum Gasteiger partial charge on any atom is -0.399 e. The SMILES string of the molecule is Cn1c(=O)c2c(nc(Br)n2COCC[Si](C)(C)C)n(C)c1=O.Cn1c(=O)c2c(nc(Nc3cccc(C(F)(F)F)c3)n2COCC[Si](C)(C)C)n(C)c1=O.Nc1cccc(C(F)(F)F)c1. The van der Waals surface area contributed by atoms with Crippen LogP contribution in [-0.2, 0) is 63.5 Å². The minimum absolute atomic E-state index is 0.0459. The van der Waals surface area contributed by atoms with Crippen LogP contribution < -0.4 is 33.5 Å². The highest BCUT2D eigenvalue weighted by Gasteiger charge is 2.31. The second-order valence-corrected chi connectivity index (χ2v) is 29.4. The number of nitrogens with zero attached hydrogens (tertiary/aromatic N) is 8. The Bertz CT molecular complexity index is 2890. The molecule has 4 heterocycles. The molecular formula is C40H53BrF6N10O6Si2. The van der Waals surface area contributed by atoms with E-state index in [2.05, 4.69) is 70.5 Å². The third-order valence-electron chi connectivity index (χ3n) is 9.74. The Balaban J connectivity index is 0.000000241. The molecule has 0 aliphatic heterocycles. The van der Waals surface area contributed by atoms with E-state index in [9.17, 15) is 45.5 Å². The number of rotatable bonds is 12. The van der Waals surface area contributed by atoms with Gasteiger partial charge in [0.2, 0.25) is 5.95 Å². The first-order chi connectivity index (χ1) is 29.9. The molecule has 0 amide bonds. The maximum atomic E-state index is 13.1. The molecule has 16 nitrogen and oxygen atoms in total. The van der Waals surface area contributed by atoms with Gasteiger partial charge in [0.25, 0.3) is 11.1 Å². The predicted octanol–water partition coefficient (Wildman–Crippen LogP) is 7.30. The lowest BCUT2D eigenvalue weighted by Gasteiger charge is -2.16. The van der Waals surface area contributed by atoms with E-state index >= 15 is 0 Å². The van der Waals surface area contributed by atoms with E-state index < -0.39 is 56.6 Å². The first kappa shape index (κ1) is 52.4. The number of nitrogen functional groups attached to an aromatic ring is 1. The third-order valence-corrected chi connectivity index (χ3v) is 13.8. The summed E-state index contributed by atoms with van der Waals surface area (Å²) in [6.45, 7) is 14.8. The van der Waals surface area contributed by atoms with E-state index in [0.29, 0.717) is 29.1 Å². The van der Waals surface area contributed by atoms with Crippen LogP contribution in [0.3, 0.4) is 0 Å². The number of nitrogens with two attached hydrogens (primary N) is 1. The number of halogens is 7. The Labute approximate surface area is 379 Å². The number of imidazole rings is 2. The summed E-state index contributed by atoms with van der Waals surface area (Å²) < 4.78 is 94.7. The van der Waals surface area contributed by atoms with E-state index in [1.54, 1.807) is 11.6 Å². The quantitative estimate of drug-likeness (QED) is 0.0415. The Morgan fingerprint density at radius 1 is 0.646 bits per heavy atom. The zero-order valence-corrected chi connectivity index (χ0v) is 41.2. The first-order valence-electron chi connectivity index (χ1n) is 19.9. The van der Waals surface area contributed by atoms with Gasteiger partial charge in [0.05, 0.1) is 11.1 Å². The predicted molar refractivity (Wildman–Crippen MR) is 247 cm³/mol. The number of hydrogen-bond acceptors (Lipinski definition) is 10. The van der Waals surface area contributed by atoms with Crippen molar-refractivity contribution in [1.29, 1.82) is 0 Å². The van der Waals surface area contributed by atoms with Crippen LogP contribution in [0.1, 0.15) is 11.1 Å². The standard InChI is InChI=1S/C20H26F3N5O3Si.C13H21BrN4O3Si.C7H6F3N/c1-26-16-15(17(29)27(2)19(26)30)28(12-31-9-10-32(3,4)5)18(25-16)24-14-8-6-7-13(11-14)20(21,22)23;1-16-10-9(11(19)17(2)13(16)20)18(12(14)15-10)8-21-6-7-22(3,4)5;8-7(9,10)5-2-1-3-6(11)4-5/h6-8,11H,9-10,12H2,1-5H3,(H,24,25);6-8H2,1-5H3;1-4H,11H2.